The molecule has 5 heteroatoms. The maximum atomic E-state index is 12.4. The van der Waals surface area contributed by atoms with Crippen LogP contribution in [-0.2, 0) is 6.42 Å². The number of hydrogen-bond donors (Lipinski definition) is 1. The van der Waals surface area contributed by atoms with Crippen molar-refractivity contribution in [1.82, 2.24) is 20.1 Å². The monoisotopic (exact) mass is 248 g/mol. The van der Waals surface area contributed by atoms with Crippen LogP contribution in [0.3, 0.4) is 0 Å². The topological polar surface area (TPSA) is 61.9 Å². The molecule has 5 nitrogen and oxygen atoms in total. The van der Waals surface area contributed by atoms with Crippen molar-refractivity contribution in [2.24, 2.45) is 5.92 Å². The lowest BCUT2D eigenvalue weighted by molar-refractivity contribution is 0.0678. The molecule has 0 aromatic carbocycles. The number of fused-ring (bicyclic) bond motifs is 1. The lowest BCUT2D eigenvalue weighted by Gasteiger charge is -2.30. The highest BCUT2D eigenvalue weighted by molar-refractivity contribution is 5.90. The third-order valence-corrected chi connectivity index (χ3v) is 4.33. The first-order chi connectivity index (χ1) is 8.79. The third kappa shape index (κ3) is 1.91. The van der Waals surface area contributed by atoms with Crippen LogP contribution in [0.25, 0.3) is 0 Å². The molecule has 1 saturated heterocycles. The minimum Gasteiger partial charge on any atom is -0.333 e. The van der Waals surface area contributed by atoms with E-state index in [2.05, 4.69) is 15.2 Å². The molecule has 1 N–H and O–H groups in total. The Morgan fingerprint density at radius 1 is 1.39 bits per heavy atom. The normalized spacial score (nSPS) is 27.3. The summed E-state index contributed by atoms with van der Waals surface area (Å²) in [4.78, 5) is 18.7. The molecule has 2 unspecified atom stereocenters. The molecule has 0 bridgehead atoms. The summed E-state index contributed by atoms with van der Waals surface area (Å²) < 4.78 is 0. The molecule has 0 radical (unpaired) electrons. The highest BCUT2D eigenvalue weighted by Crippen LogP contribution is 2.36. The zero-order chi connectivity index (χ0) is 12.5. The average Bonchev–Trinajstić information content (AvgIpc) is 3.04. The number of aryl methyl sites for hydroxylation is 1. The molecule has 1 amide bonds. The molecule has 2 atom stereocenters. The second-order valence-electron chi connectivity index (χ2n) is 5.36. The minimum absolute atomic E-state index is 0.0142. The molecule has 18 heavy (non-hydrogen) atoms. The van der Waals surface area contributed by atoms with E-state index in [1.54, 1.807) is 0 Å². The Morgan fingerprint density at radius 3 is 3.00 bits per heavy atom. The van der Waals surface area contributed by atoms with Crippen LogP contribution in [0.1, 0.15) is 55.5 Å². The molecule has 1 aliphatic heterocycles. The van der Waals surface area contributed by atoms with Crippen molar-refractivity contribution in [3.05, 3.63) is 11.6 Å². The Balaban J connectivity index is 1.76. The van der Waals surface area contributed by atoms with E-state index in [0.29, 0.717) is 17.8 Å². The summed E-state index contributed by atoms with van der Waals surface area (Å²) in [6.45, 7) is 2.88. The van der Waals surface area contributed by atoms with Crippen LogP contribution in [0.5, 0.6) is 0 Å². The highest BCUT2D eigenvalue weighted by Gasteiger charge is 2.39. The van der Waals surface area contributed by atoms with Crippen LogP contribution in [0, 0.1) is 5.92 Å². The number of aromatic amines is 1. The predicted octanol–water partition coefficient (Wildman–Crippen LogP) is 1.77. The van der Waals surface area contributed by atoms with E-state index >= 15 is 0 Å². The maximum absolute atomic E-state index is 12.4. The number of rotatable bonds is 2. The molecule has 2 aliphatic rings. The largest absolute Gasteiger partial charge is 0.333 e. The predicted molar refractivity (Wildman–Crippen MR) is 67.2 cm³/mol. The van der Waals surface area contributed by atoms with Crippen LogP contribution < -0.4 is 0 Å². The molecular weight excluding hydrogens is 228 g/mol. The van der Waals surface area contributed by atoms with Gasteiger partial charge in [-0.3, -0.25) is 9.89 Å². The van der Waals surface area contributed by atoms with Crippen LogP contribution in [0.2, 0.25) is 0 Å². The first kappa shape index (κ1) is 11.7. The van der Waals surface area contributed by atoms with Gasteiger partial charge in [-0.15, -0.1) is 5.10 Å². The molecule has 2 heterocycles. The van der Waals surface area contributed by atoms with Crippen LogP contribution in [0.15, 0.2) is 0 Å². The number of likely N-dealkylation sites (tertiary alicyclic amines) is 1. The Morgan fingerprint density at radius 2 is 2.22 bits per heavy atom. The van der Waals surface area contributed by atoms with Crippen LogP contribution in [0.4, 0.5) is 0 Å². The molecule has 0 spiro atoms. The molecule has 1 aromatic heterocycles. The SMILES string of the molecule is CCc1nc(C(=O)N2CCC3CCCCC32)n[nH]1. The van der Waals surface area contributed by atoms with Gasteiger partial charge in [0, 0.05) is 19.0 Å². The van der Waals surface area contributed by atoms with Crippen LogP contribution in [-0.4, -0.2) is 38.6 Å². The van der Waals surface area contributed by atoms with E-state index in [0.717, 1.165) is 31.6 Å². The summed E-state index contributed by atoms with van der Waals surface area (Å²) in [5, 5.41) is 6.87. The van der Waals surface area contributed by atoms with Gasteiger partial charge in [0.2, 0.25) is 5.82 Å². The maximum Gasteiger partial charge on any atom is 0.293 e. The zero-order valence-electron chi connectivity index (χ0n) is 10.9. The lowest BCUT2D eigenvalue weighted by Crippen LogP contribution is -2.39. The van der Waals surface area contributed by atoms with E-state index in [4.69, 9.17) is 0 Å². The Kier molecular flexibility index (Phi) is 3.06. The third-order valence-electron chi connectivity index (χ3n) is 4.33. The number of aromatic nitrogens is 3. The Labute approximate surface area is 107 Å². The van der Waals surface area contributed by atoms with Gasteiger partial charge in [0.05, 0.1) is 0 Å². The molecule has 1 aliphatic carbocycles. The van der Waals surface area contributed by atoms with E-state index < -0.39 is 0 Å². The average molecular weight is 248 g/mol. The number of H-pyrrole nitrogens is 1. The quantitative estimate of drug-likeness (QED) is 0.867. The van der Waals surface area contributed by atoms with Gasteiger partial charge in [-0.25, -0.2) is 4.98 Å². The van der Waals surface area contributed by atoms with Crippen molar-refractivity contribution in [2.45, 2.75) is 51.5 Å². The molecule has 1 aromatic rings. The summed E-state index contributed by atoms with van der Waals surface area (Å²) in [6.07, 6.45) is 6.95. The Hall–Kier alpha value is -1.39. The van der Waals surface area contributed by atoms with Crippen molar-refractivity contribution in [1.29, 1.82) is 0 Å². The summed E-state index contributed by atoms with van der Waals surface area (Å²) in [7, 11) is 0. The molecular formula is C13H20N4O. The van der Waals surface area contributed by atoms with E-state index in [1.807, 2.05) is 11.8 Å². The van der Waals surface area contributed by atoms with Crippen molar-refractivity contribution < 1.29 is 4.79 Å². The smallest absolute Gasteiger partial charge is 0.293 e. The summed E-state index contributed by atoms with van der Waals surface area (Å²) in [6, 6.07) is 0.440. The standard InChI is InChI=1S/C13H20N4O/c1-2-11-14-12(16-15-11)13(18)17-8-7-9-5-3-4-6-10(9)17/h9-10H,2-8H2,1H3,(H,14,15,16). The first-order valence-corrected chi connectivity index (χ1v) is 7.02. The molecule has 2 fully saturated rings. The number of hydrogen-bond acceptors (Lipinski definition) is 3. The van der Waals surface area contributed by atoms with Gasteiger partial charge in [0.15, 0.2) is 0 Å². The molecule has 98 valence electrons. The van der Waals surface area contributed by atoms with Gasteiger partial charge in [0.25, 0.3) is 5.91 Å². The second kappa shape index (κ2) is 4.71. The van der Waals surface area contributed by atoms with Crippen molar-refractivity contribution in [3.63, 3.8) is 0 Å². The summed E-state index contributed by atoms with van der Waals surface area (Å²) in [5.41, 5.74) is 0. The zero-order valence-corrected chi connectivity index (χ0v) is 10.9. The number of carbonyl (C=O) groups is 1. The summed E-state index contributed by atoms with van der Waals surface area (Å²) in [5.74, 6) is 1.86. The number of amides is 1. The van der Waals surface area contributed by atoms with E-state index in [1.165, 1.54) is 19.3 Å². The van der Waals surface area contributed by atoms with E-state index in [-0.39, 0.29) is 5.91 Å². The minimum atomic E-state index is 0.0142. The first-order valence-electron chi connectivity index (χ1n) is 7.02. The second-order valence-corrected chi connectivity index (χ2v) is 5.36. The van der Waals surface area contributed by atoms with Crippen LogP contribution >= 0.6 is 0 Å². The molecule has 3 rings (SSSR count). The van der Waals surface area contributed by atoms with Gasteiger partial charge in [-0.05, 0) is 25.2 Å². The lowest BCUT2D eigenvalue weighted by atomic mass is 9.85. The fourth-order valence-corrected chi connectivity index (χ4v) is 3.34. The molecule has 1 saturated carbocycles. The highest BCUT2D eigenvalue weighted by atomic mass is 16.2. The number of carbonyl (C=O) groups excluding carboxylic acids is 1. The fourth-order valence-electron chi connectivity index (χ4n) is 3.34. The van der Waals surface area contributed by atoms with Crippen molar-refractivity contribution >= 4 is 5.91 Å². The van der Waals surface area contributed by atoms with Gasteiger partial charge in [0.1, 0.15) is 5.82 Å². The van der Waals surface area contributed by atoms with Gasteiger partial charge in [-0.2, -0.15) is 0 Å². The van der Waals surface area contributed by atoms with E-state index in [9.17, 15) is 4.79 Å². The van der Waals surface area contributed by atoms with Crippen molar-refractivity contribution in [3.8, 4) is 0 Å². The summed E-state index contributed by atoms with van der Waals surface area (Å²) >= 11 is 0. The fraction of sp³-hybridized carbons (Fsp3) is 0.769. The number of nitrogens with zero attached hydrogens (tertiary/aromatic N) is 3. The number of nitrogens with one attached hydrogen (secondary N) is 1. The van der Waals surface area contributed by atoms with Gasteiger partial charge in [-0.1, -0.05) is 19.8 Å². The van der Waals surface area contributed by atoms with Gasteiger partial charge >= 0.3 is 0 Å². The van der Waals surface area contributed by atoms with Gasteiger partial charge < -0.3 is 4.90 Å². The van der Waals surface area contributed by atoms with Crippen molar-refractivity contribution in [2.75, 3.05) is 6.54 Å². The Bertz CT molecular complexity index is 442.